The van der Waals surface area contributed by atoms with Gasteiger partial charge in [0.1, 0.15) is 6.54 Å². The van der Waals surface area contributed by atoms with E-state index in [0.29, 0.717) is 31.4 Å². The molecule has 3 aromatic carbocycles. The molecule has 0 bridgehead atoms. The van der Waals surface area contributed by atoms with Crippen LogP contribution in [0.25, 0.3) is 10.9 Å². The number of rotatable bonds is 9. The number of alkyl halides is 6. The molecule has 0 radical (unpaired) electrons. The smallest absolute Gasteiger partial charge is 0.361 e. The van der Waals surface area contributed by atoms with Gasteiger partial charge in [0.15, 0.2) is 0 Å². The van der Waals surface area contributed by atoms with Crippen molar-refractivity contribution in [1.82, 2.24) is 14.8 Å². The molecule has 1 aromatic heterocycles. The molecule has 11 heteroatoms. The molecule has 0 spiro atoms. The minimum atomic E-state index is -5.09. The molecule has 2 amide bonds. The van der Waals surface area contributed by atoms with Crippen molar-refractivity contribution in [2.75, 3.05) is 13.1 Å². The summed E-state index contributed by atoms with van der Waals surface area (Å²) >= 11 is 0. The highest BCUT2D eigenvalue weighted by Gasteiger charge is 2.40. The van der Waals surface area contributed by atoms with E-state index in [1.807, 2.05) is 60.8 Å². The first-order chi connectivity index (χ1) is 19.9. The van der Waals surface area contributed by atoms with Crippen LogP contribution >= 0.6 is 0 Å². The van der Waals surface area contributed by atoms with E-state index in [1.54, 1.807) is 4.90 Å². The lowest BCUT2D eigenvalue weighted by atomic mass is 10.0. The number of benzene rings is 3. The second kappa shape index (κ2) is 11.5. The van der Waals surface area contributed by atoms with Gasteiger partial charge in [0.2, 0.25) is 5.91 Å². The van der Waals surface area contributed by atoms with Gasteiger partial charge >= 0.3 is 12.4 Å². The van der Waals surface area contributed by atoms with Gasteiger partial charge in [0.25, 0.3) is 5.91 Å². The summed E-state index contributed by atoms with van der Waals surface area (Å²) in [5.74, 6) is -1.50. The van der Waals surface area contributed by atoms with Crippen molar-refractivity contribution in [3.8, 4) is 0 Å². The zero-order valence-electron chi connectivity index (χ0n) is 22.3. The number of nitrogens with one attached hydrogen (secondary N) is 1. The number of halogens is 6. The van der Waals surface area contributed by atoms with Crippen LogP contribution in [0.3, 0.4) is 0 Å². The lowest BCUT2D eigenvalue weighted by Crippen LogP contribution is -2.44. The molecule has 0 saturated heterocycles. The second-order valence-corrected chi connectivity index (χ2v) is 10.4. The molecule has 1 N–H and O–H groups in total. The molecule has 1 aliphatic carbocycles. The summed E-state index contributed by atoms with van der Waals surface area (Å²) < 4.78 is 80.6. The fraction of sp³-hybridized carbons (Fsp3) is 0.290. The maximum Gasteiger partial charge on any atom is 0.416 e. The van der Waals surface area contributed by atoms with E-state index >= 15 is 0 Å². The third-order valence-corrected chi connectivity index (χ3v) is 7.28. The van der Waals surface area contributed by atoms with Crippen LogP contribution in [-0.4, -0.2) is 45.7 Å². The number of para-hydroxylation sites is 1. The number of fused-ring (bicyclic) bond motifs is 1. The molecule has 0 aliphatic heterocycles. The van der Waals surface area contributed by atoms with Crippen LogP contribution in [0.1, 0.15) is 45.5 Å². The Hall–Kier alpha value is -4.28. The van der Waals surface area contributed by atoms with E-state index in [0.717, 1.165) is 26.9 Å². The van der Waals surface area contributed by atoms with Gasteiger partial charge in [-0.15, -0.1) is 0 Å². The van der Waals surface area contributed by atoms with Gasteiger partial charge in [-0.25, -0.2) is 0 Å². The molecule has 4 aromatic rings. The van der Waals surface area contributed by atoms with E-state index in [9.17, 15) is 35.9 Å². The number of amides is 2. The molecular formula is C31H27F6N3O2. The van der Waals surface area contributed by atoms with Gasteiger partial charge in [-0.3, -0.25) is 9.59 Å². The zero-order chi connectivity index (χ0) is 30.1. The van der Waals surface area contributed by atoms with Crippen LogP contribution in [0.4, 0.5) is 26.3 Å². The van der Waals surface area contributed by atoms with Crippen molar-refractivity contribution in [3.63, 3.8) is 0 Å². The SMILES string of the molecule is O=C(CN(C(=O)c1cc(C(F)(F)F)cc(C(F)(F)F)c1)C1CC1)N(CCc1c[nH]c2ccccc12)Cc1ccccc1. The third kappa shape index (κ3) is 6.78. The van der Waals surface area contributed by atoms with Crippen molar-refractivity contribution in [2.24, 2.45) is 0 Å². The number of aromatic amines is 1. The molecule has 5 rings (SSSR count). The summed E-state index contributed by atoms with van der Waals surface area (Å²) in [5, 5.41) is 1.00. The van der Waals surface area contributed by atoms with Crippen LogP contribution in [0.5, 0.6) is 0 Å². The monoisotopic (exact) mass is 587 g/mol. The topological polar surface area (TPSA) is 56.4 Å². The van der Waals surface area contributed by atoms with E-state index < -0.39 is 53.4 Å². The summed E-state index contributed by atoms with van der Waals surface area (Å²) in [7, 11) is 0. The molecular weight excluding hydrogens is 560 g/mol. The third-order valence-electron chi connectivity index (χ3n) is 7.28. The van der Waals surface area contributed by atoms with E-state index in [1.165, 1.54) is 0 Å². The van der Waals surface area contributed by atoms with E-state index in [2.05, 4.69) is 4.98 Å². The Morgan fingerprint density at radius 3 is 2.07 bits per heavy atom. The Balaban J connectivity index is 1.40. The van der Waals surface area contributed by atoms with Gasteiger partial charge < -0.3 is 14.8 Å². The normalized spacial score (nSPS) is 13.8. The number of carbonyl (C=O) groups is 2. The van der Waals surface area contributed by atoms with Gasteiger partial charge in [-0.2, -0.15) is 26.3 Å². The molecule has 1 aliphatic rings. The summed E-state index contributed by atoms with van der Waals surface area (Å²) in [6.45, 7) is 0.0301. The molecule has 5 nitrogen and oxygen atoms in total. The predicted octanol–water partition coefficient (Wildman–Crippen LogP) is 7.08. The first-order valence-electron chi connectivity index (χ1n) is 13.4. The fourth-order valence-corrected chi connectivity index (χ4v) is 4.93. The molecule has 1 heterocycles. The standard InChI is InChI=1S/C31H27F6N3O2/c32-30(33,34)23-14-22(15-24(16-23)31(35,36)37)29(42)40(25-10-11-25)19-28(41)39(18-20-6-2-1-3-7-20)13-12-21-17-38-27-9-5-4-8-26(21)27/h1-9,14-17,25,38H,10-13,18-19H2. The van der Waals surface area contributed by atoms with Crippen molar-refractivity contribution >= 4 is 22.7 Å². The highest BCUT2D eigenvalue weighted by Crippen LogP contribution is 2.37. The van der Waals surface area contributed by atoms with E-state index in [4.69, 9.17) is 0 Å². The van der Waals surface area contributed by atoms with Gasteiger partial charge in [0, 0.05) is 41.8 Å². The summed E-state index contributed by atoms with van der Waals surface area (Å²) in [4.78, 5) is 32.9. The molecule has 42 heavy (non-hydrogen) atoms. The molecule has 1 saturated carbocycles. The van der Waals surface area contributed by atoms with Crippen LogP contribution in [0, 0.1) is 0 Å². The van der Waals surface area contributed by atoms with Gasteiger partial charge in [-0.1, -0.05) is 48.5 Å². The minimum absolute atomic E-state index is 0.0182. The molecule has 1 fully saturated rings. The van der Waals surface area contributed by atoms with Crippen molar-refractivity contribution in [3.05, 3.63) is 107 Å². The maximum absolute atomic E-state index is 13.7. The Morgan fingerprint density at radius 1 is 0.833 bits per heavy atom. The van der Waals surface area contributed by atoms with Crippen molar-refractivity contribution in [1.29, 1.82) is 0 Å². The maximum atomic E-state index is 13.7. The van der Waals surface area contributed by atoms with E-state index in [-0.39, 0.29) is 19.2 Å². The minimum Gasteiger partial charge on any atom is -0.361 e. The number of H-pyrrole nitrogens is 1. The summed E-state index contributed by atoms with van der Waals surface area (Å²) in [6, 6.07) is 17.2. The summed E-state index contributed by atoms with van der Waals surface area (Å²) in [5.41, 5.74) is -1.15. The average Bonchev–Trinajstić information content (AvgIpc) is 3.72. The van der Waals surface area contributed by atoms with Crippen LogP contribution in [0.15, 0.2) is 79.0 Å². The lowest BCUT2D eigenvalue weighted by molar-refractivity contribution is -0.143. The van der Waals surface area contributed by atoms with Gasteiger partial charge in [0.05, 0.1) is 11.1 Å². The number of nitrogens with zero attached hydrogens (tertiary/aromatic N) is 2. The molecule has 220 valence electrons. The van der Waals surface area contributed by atoms with Crippen LogP contribution < -0.4 is 0 Å². The summed E-state index contributed by atoms with van der Waals surface area (Å²) in [6.07, 6.45) is -6.84. The van der Waals surface area contributed by atoms with Gasteiger partial charge in [-0.05, 0) is 54.7 Å². The first kappa shape index (κ1) is 29.2. The largest absolute Gasteiger partial charge is 0.416 e. The zero-order valence-corrected chi connectivity index (χ0v) is 22.3. The fourth-order valence-electron chi connectivity index (χ4n) is 4.93. The van der Waals surface area contributed by atoms with Crippen molar-refractivity contribution < 1.29 is 35.9 Å². The highest BCUT2D eigenvalue weighted by atomic mass is 19.4. The number of hydrogen-bond acceptors (Lipinski definition) is 2. The Kier molecular flexibility index (Phi) is 8.03. The quantitative estimate of drug-likeness (QED) is 0.213. The molecule has 0 atom stereocenters. The molecule has 0 unspecified atom stereocenters. The Labute approximate surface area is 237 Å². The van der Waals surface area contributed by atoms with Crippen LogP contribution in [-0.2, 0) is 30.1 Å². The average molecular weight is 588 g/mol. The Morgan fingerprint density at radius 2 is 1.45 bits per heavy atom. The van der Waals surface area contributed by atoms with Crippen LogP contribution in [0.2, 0.25) is 0 Å². The van der Waals surface area contributed by atoms with Crippen molar-refractivity contribution in [2.45, 2.75) is 44.2 Å². The first-order valence-corrected chi connectivity index (χ1v) is 13.4. The Bertz CT molecular complexity index is 1540. The number of carbonyl (C=O) groups excluding carboxylic acids is 2. The lowest BCUT2D eigenvalue weighted by Gasteiger charge is -2.28. The second-order valence-electron chi connectivity index (χ2n) is 10.4. The predicted molar refractivity (Wildman–Crippen MR) is 144 cm³/mol. The highest BCUT2D eigenvalue weighted by molar-refractivity contribution is 5.97. The number of aromatic nitrogens is 1. The number of hydrogen-bond donors (Lipinski definition) is 1.